The van der Waals surface area contributed by atoms with Gasteiger partial charge in [-0.25, -0.2) is 18.6 Å². The second-order valence-corrected chi connectivity index (χ2v) is 3.95. The molecule has 94 valence electrons. The van der Waals surface area contributed by atoms with Gasteiger partial charge in [-0.05, 0) is 13.0 Å². The number of carbonyl (C=O) groups is 1. The molecule has 0 N–H and O–H groups in total. The zero-order chi connectivity index (χ0) is 13.0. The van der Waals surface area contributed by atoms with Crippen LogP contribution in [0.4, 0.5) is 8.78 Å². The second kappa shape index (κ2) is 6.26. The van der Waals surface area contributed by atoms with Gasteiger partial charge in [0.15, 0.2) is 5.69 Å². The zero-order valence-electron chi connectivity index (χ0n) is 8.84. The fraction of sp³-hybridized carbons (Fsp3) is 0.400. The maximum Gasteiger partial charge on any atom is 0.357 e. The predicted octanol–water partition coefficient (Wildman–Crippen LogP) is 3.74. The predicted molar refractivity (Wildman–Crippen MR) is 62.8 cm³/mol. The largest absolute Gasteiger partial charge is 0.461 e. The van der Waals surface area contributed by atoms with Crippen molar-refractivity contribution < 1.29 is 18.3 Å². The third-order valence-corrected chi connectivity index (χ3v) is 2.86. The van der Waals surface area contributed by atoms with Crippen molar-refractivity contribution in [2.75, 3.05) is 6.61 Å². The third-order valence-electron chi connectivity index (χ3n) is 1.93. The normalized spacial score (nSPS) is 10.7. The molecule has 0 radical (unpaired) electrons. The highest BCUT2D eigenvalue weighted by Crippen LogP contribution is 2.27. The van der Waals surface area contributed by atoms with Crippen molar-refractivity contribution in [2.45, 2.75) is 18.7 Å². The molecule has 0 spiro atoms. The minimum atomic E-state index is -2.81. The Morgan fingerprint density at radius 3 is 2.76 bits per heavy atom. The molecule has 1 aromatic rings. The molecule has 0 bridgehead atoms. The van der Waals surface area contributed by atoms with Crippen molar-refractivity contribution in [2.24, 2.45) is 0 Å². The average Bonchev–Trinajstić information content (AvgIpc) is 2.28. The van der Waals surface area contributed by atoms with E-state index in [2.05, 4.69) is 25.7 Å². The summed E-state index contributed by atoms with van der Waals surface area (Å²) < 4.78 is 30.2. The molecular weight excluding hydrogens is 319 g/mol. The number of aromatic nitrogens is 1. The van der Waals surface area contributed by atoms with Gasteiger partial charge in [0.05, 0.1) is 12.2 Å². The Balaban J connectivity index is 3.27. The van der Waals surface area contributed by atoms with Crippen LogP contribution in [0.3, 0.4) is 0 Å². The third kappa shape index (κ3) is 3.35. The molecule has 0 aromatic carbocycles. The smallest absolute Gasteiger partial charge is 0.357 e. The standard InChI is InChI=1S/C10H9BrClF2NO2/c1-2-17-10(16)7-6(9(13)14)3-5(4-11)8(12)15-7/h3,9H,2,4H2,1H3. The fourth-order valence-electron chi connectivity index (χ4n) is 1.17. The first-order chi connectivity index (χ1) is 8.01. The van der Waals surface area contributed by atoms with Gasteiger partial charge in [0.25, 0.3) is 6.43 Å². The monoisotopic (exact) mass is 327 g/mol. The summed E-state index contributed by atoms with van der Waals surface area (Å²) in [5.74, 6) is -0.897. The summed E-state index contributed by atoms with van der Waals surface area (Å²) in [4.78, 5) is 15.1. The van der Waals surface area contributed by atoms with E-state index in [1.807, 2.05) is 0 Å². The molecule has 0 aliphatic heterocycles. The van der Waals surface area contributed by atoms with Gasteiger partial charge in [0.2, 0.25) is 0 Å². The lowest BCUT2D eigenvalue weighted by atomic mass is 10.1. The molecule has 3 nitrogen and oxygen atoms in total. The van der Waals surface area contributed by atoms with Crippen LogP contribution in [0.15, 0.2) is 6.07 Å². The lowest BCUT2D eigenvalue weighted by Crippen LogP contribution is -2.12. The molecule has 0 aliphatic rings. The van der Waals surface area contributed by atoms with Crippen molar-refractivity contribution in [1.82, 2.24) is 4.98 Å². The van der Waals surface area contributed by atoms with Crippen LogP contribution in [0.1, 0.15) is 35.0 Å². The van der Waals surface area contributed by atoms with Crippen LogP contribution >= 0.6 is 27.5 Å². The van der Waals surface area contributed by atoms with Gasteiger partial charge in [-0.3, -0.25) is 0 Å². The summed E-state index contributed by atoms with van der Waals surface area (Å²) in [7, 11) is 0. The van der Waals surface area contributed by atoms with Gasteiger partial charge >= 0.3 is 5.97 Å². The molecule has 7 heteroatoms. The number of halogens is 4. The topological polar surface area (TPSA) is 39.2 Å². The highest BCUT2D eigenvalue weighted by atomic mass is 79.9. The van der Waals surface area contributed by atoms with Crippen LogP contribution in [0.2, 0.25) is 5.15 Å². The van der Waals surface area contributed by atoms with Crippen molar-refractivity contribution in [3.63, 3.8) is 0 Å². The summed E-state index contributed by atoms with van der Waals surface area (Å²) in [6.45, 7) is 1.66. The number of hydrogen-bond acceptors (Lipinski definition) is 3. The van der Waals surface area contributed by atoms with Gasteiger partial charge < -0.3 is 4.74 Å². The van der Waals surface area contributed by atoms with Crippen molar-refractivity contribution in [3.8, 4) is 0 Å². The number of nitrogens with zero attached hydrogens (tertiary/aromatic N) is 1. The van der Waals surface area contributed by atoms with Gasteiger partial charge in [-0.2, -0.15) is 0 Å². The second-order valence-electron chi connectivity index (χ2n) is 3.03. The van der Waals surface area contributed by atoms with Crippen molar-refractivity contribution in [1.29, 1.82) is 0 Å². The highest BCUT2D eigenvalue weighted by molar-refractivity contribution is 9.08. The SMILES string of the molecule is CCOC(=O)c1nc(Cl)c(CBr)cc1C(F)F. The van der Waals surface area contributed by atoms with Gasteiger partial charge in [0.1, 0.15) is 5.15 Å². The van der Waals surface area contributed by atoms with E-state index in [-0.39, 0.29) is 17.1 Å². The molecule has 1 rings (SSSR count). The van der Waals surface area contributed by atoms with Crippen LogP contribution in [0, 0.1) is 0 Å². The molecule has 1 aromatic heterocycles. The molecule has 17 heavy (non-hydrogen) atoms. The average molecular weight is 329 g/mol. The van der Waals surface area contributed by atoms with Crippen molar-refractivity contribution in [3.05, 3.63) is 28.0 Å². The molecule has 0 atom stereocenters. The van der Waals surface area contributed by atoms with Crippen LogP contribution in [0.25, 0.3) is 0 Å². The van der Waals surface area contributed by atoms with E-state index in [4.69, 9.17) is 11.6 Å². The summed E-state index contributed by atoms with van der Waals surface area (Å²) in [6, 6.07) is 1.15. The Labute approximate surface area is 110 Å². The molecular formula is C10H9BrClF2NO2. The van der Waals surface area contributed by atoms with Crippen molar-refractivity contribution >= 4 is 33.5 Å². The van der Waals surface area contributed by atoms with E-state index >= 15 is 0 Å². The quantitative estimate of drug-likeness (QED) is 0.480. The minimum Gasteiger partial charge on any atom is -0.461 e. The first kappa shape index (κ1) is 14.3. The lowest BCUT2D eigenvalue weighted by Gasteiger charge is -2.10. The Kier molecular flexibility index (Phi) is 5.27. The number of carbonyl (C=O) groups excluding carboxylic acids is 1. The van der Waals surface area contributed by atoms with Gasteiger partial charge in [-0.1, -0.05) is 27.5 Å². The number of rotatable bonds is 4. The minimum absolute atomic E-state index is 0.00864. The molecule has 0 saturated heterocycles. The molecule has 0 amide bonds. The maximum atomic E-state index is 12.8. The fourth-order valence-corrected chi connectivity index (χ4v) is 1.97. The highest BCUT2D eigenvalue weighted by Gasteiger charge is 2.23. The van der Waals surface area contributed by atoms with E-state index in [1.165, 1.54) is 0 Å². The van der Waals surface area contributed by atoms with E-state index in [0.29, 0.717) is 5.56 Å². The van der Waals surface area contributed by atoms with E-state index in [1.54, 1.807) is 6.92 Å². The maximum absolute atomic E-state index is 12.8. The first-order valence-electron chi connectivity index (χ1n) is 4.71. The Hall–Kier alpha value is -0.750. The number of hydrogen-bond donors (Lipinski definition) is 0. The van der Waals surface area contributed by atoms with Crippen LogP contribution in [-0.4, -0.2) is 17.6 Å². The Morgan fingerprint density at radius 2 is 2.29 bits per heavy atom. The molecule has 0 saturated carbocycles. The van der Waals surface area contributed by atoms with Gasteiger partial charge in [0, 0.05) is 10.9 Å². The van der Waals surface area contributed by atoms with Crippen LogP contribution in [0.5, 0.6) is 0 Å². The molecule has 0 aliphatic carbocycles. The van der Waals surface area contributed by atoms with Crippen LogP contribution in [-0.2, 0) is 10.1 Å². The van der Waals surface area contributed by atoms with E-state index < -0.39 is 23.7 Å². The molecule has 0 unspecified atom stereocenters. The molecule has 0 fully saturated rings. The lowest BCUT2D eigenvalue weighted by molar-refractivity contribution is 0.0507. The van der Waals surface area contributed by atoms with E-state index in [0.717, 1.165) is 6.07 Å². The Bertz CT molecular complexity index is 429. The first-order valence-corrected chi connectivity index (χ1v) is 6.21. The van der Waals surface area contributed by atoms with E-state index in [9.17, 15) is 13.6 Å². The summed E-state index contributed by atoms with van der Waals surface area (Å²) in [5, 5.41) is 0.288. The van der Waals surface area contributed by atoms with Crippen LogP contribution < -0.4 is 0 Å². The number of pyridine rings is 1. The summed E-state index contributed by atoms with van der Waals surface area (Å²) in [6.07, 6.45) is -2.81. The summed E-state index contributed by atoms with van der Waals surface area (Å²) in [5.41, 5.74) is -0.506. The Morgan fingerprint density at radius 1 is 1.65 bits per heavy atom. The zero-order valence-corrected chi connectivity index (χ0v) is 11.2. The number of ether oxygens (including phenoxy) is 1. The number of esters is 1. The van der Waals surface area contributed by atoms with Gasteiger partial charge in [-0.15, -0.1) is 0 Å². The number of alkyl halides is 3. The molecule has 1 heterocycles. The summed E-state index contributed by atoms with van der Waals surface area (Å²) >= 11 is 8.86.